The van der Waals surface area contributed by atoms with Gasteiger partial charge in [0, 0.05) is 20.1 Å². The van der Waals surface area contributed by atoms with Crippen molar-refractivity contribution in [3.05, 3.63) is 18.2 Å². The molecule has 1 N–H and O–H groups in total. The van der Waals surface area contributed by atoms with Crippen molar-refractivity contribution in [1.82, 2.24) is 0 Å². The second-order valence-corrected chi connectivity index (χ2v) is 11.6. The number of hydrogen-bond donors (Lipinski definition) is 1. The zero-order valence-corrected chi connectivity index (χ0v) is 14.0. The average molecular weight is 278 g/mol. The Kier molecular flexibility index (Phi) is 3.56. The summed E-state index contributed by atoms with van der Waals surface area (Å²) in [5.74, 6) is 1.03. The van der Waals surface area contributed by atoms with Crippen molar-refractivity contribution in [2.45, 2.75) is 38.9 Å². The second-order valence-electron chi connectivity index (χ2n) is 6.86. The fourth-order valence-corrected chi connectivity index (χ4v) is 3.06. The van der Waals surface area contributed by atoms with Crippen LogP contribution in [0.2, 0.25) is 18.1 Å². The minimum Gasteiger partial charge on any atom is -0.542 e. The molecule has 0 radical (unpaired) electrons. The van der Waals surface area contributed by atoms with Crippen molar-refractivity contribution < 1.29 is 4.43 Å². The highest BCUT2D eigenvalue weighted by atomic mass is 28.4. The van der Waals surface area contributed by atoms with E-state index in [1.165, 1.54) is 11.4 Å². The minimum absolute atomic E-state index is 0.219. The number of nitrogens with zero attached hydrogens (tertiary/aromatic N) is 1. The van der Waals surface area contributed by atoms with Gasteiger partial charge in [-0.1, -0.05) is 26.8 Å². The second kappa shape index (κ2) is 4.74. The minimum atomic E-state index is -1.79. The van der Waals surface area contributed by atoms with Crippen LogP contribution in [0.5, 0.6) is 5.75 Å². The first-order valence-electron chi connectivity index (χ1n) is 6.99. The molecule has 1 aliphatic rings. The van der Waals surface area contributed by atoms with Gasteiger partial charge in [-0.25, -0.2) is 0 Å². The van der Waals surface area contributed by atoms with Gasteiger partial charge in [-0.15, -0.1) is 0 Å². The van der Waals surface area contributed by atoms with Gasteiger partial charge in [0.05, 0.1) is 5.69 Å². The summed E-state index contributed by atoms with van der Waals surface area (Å²) in [5, 5.41) is 3.67. The van der Waals surface area contributed by atoms with Crippen LogP contribution in [0.1, 0.15) is 20.8 Å². The Hall–Kier alpha value is -1.16. The summed E-state index contributed by atoms with van der Waals surface area (Å²) in [6.45, 7) is 13.4. The summed E-state index contributed by atoms with van der Waals surface area (Å²) in [6.07, 6.45) is 0. The van der Waals surface area contributed by atoms with E-state index in [1.807, 2.05) is 0 Å². The Balaban J connectivity index is 2.37. The number of anilines is 2. The highest BCUT2D eigenvalue weighted by molar-refractivity contribution is 6.74. The molecule has 0 saturated carbocycles. The molecule has 1 heterocycles. The van der Waals surface area contributed by atoms with Crippen molar-refractivity contribution in [3.8, 4) is 5.75 Å². The van der Waals surface area contributed by atoms with Gasteiger partial charge in [0.1, 0.15) is 11.4 Å². The monoisotopic (exact) mass is 278 g/mol. The Labute approximate surface area is 118 Å². The predicted molar refractivity (Wildman–Crippen MR) is 86.0 cm³/mol. The van der Waals surface area contributed by atoms with Gasteiger partial charge in [0.2, 0.25) is 0 Å². The molecule has 0 bridgehead atoms. The lowest BCUT2D eigenvalue weighted by atomic mass is 10.2. The molecule has 4 heteroatoms. The summed E-state index contributed by atoms with van der Waals surface area (Å²) in [6, 6.07) is 6.31. The van der Waals surface area contributed by atoms with Crippen molar-refractivity contribution in [3.63, 3.8) is 0 Å². The largest absolute Gasteiger partial charge is 0.542 e. The van der Waals surface area contributed by atoms with E-state index in [0.29, 0.717) is 0 Å². The molecule has 0 fully saturated rings. The number of hydrogen-bond acceptors (Lipinski definition) is 3. The molecule has 0 saturated heterocycles. The van der Waals surface area contributed by atoms with Crippen LogP contribution in [0.25, 0.3) is 0 Å². The van der Waals surface area contributed by atoms with Crippen molar-refractivity contribution in [1.29, 1.82) is 0 Å². The number of nitrogens with one attached hydrogen (secondary N) is 1. The molecule has 106 valence electrons. The average Bonchev–Trinajstić information content (AvgIpc) is 2.27. The summed E-state index contributed by atoms with van der Waals surface area (Å²) < 4.78 is 6.49. The van der Waals surface area contributed by atoms with Gasteiger partial charge >= 0.3 is 0 Å². The third-order valence-electron chi connectivity index (χ3n) is 4.31. The van der Waals surface area contributed by atoms with Crippen LogP contribution in [0.4, 0.5) is 11.4 Å². The standard InChI is InChI=1S/C15H26N2OSi/c1-15(2,3)19(5,6)18-13-9-7-8-12-14(13)17(4)11-10-16-12/h7-9,16H,10-11H2,1-6H3. The Bertz CT molecular complexity index is 466. The van der Waals surface area contributed by atoms with Crippen LogP contribution in [0.15, 0.2) is 18.2 Å². The molecule has 0 aliphatic carbocycles. The normalized spacial score (nSPS) is 15.8. The molecule has 0 amide bonds. The molecule has 3 nitrogen and oxygen atoms in total. The molecular formula is C15H26N2OSi. The number of likely N-dealkylation sites (N-methyl/N-ethyl adjacent to an activating group) is 1. The maximum Gasteiger partial charge on any atom is 0.250 e. The van der Waals surface area contributed by atoms with E-state index < -0.39 is 8.32 Å². The van der Waals surface area contributed by atoms with E-state index in [2.05, 4.69) is 69.3 Å². The van der Waals surface area contributed by atoms with E-state index in [1.54, 1.807) is 0 Å². The SMILES string of the molecule is CN1CCNc2cccc(O[Si](C)(C)C(C)(C)C)c21. The lowest BCUT2D eigenvalue weighted by Gasteiger charge is -2.39. The summed E-state index contributed by atoms with van der Waals surface area (Å²) in [7, 11) is 0.348. The molecule has 0 atom stereocenters. The maximum atomic E-state index is 6.49. The first-order valence-corrected chi connectivity index (χ1v) is 9.90. The van der Waals surface area contributed by atoms with E-state index in [4.69, 9.17) is 4.43 Å². The Morgan fingerprint density at radius 3 is 2.58 bits per heavy atom. The Morgan fingerprint density at radius 2 is 1.95 bits per heavy atom. The van der Waals surface area contributed by atoms with Crippen molar-refractivity contribution in [2.75, 3.05) is 30.4 Å². The highest BCUT2D eigenvalue weighted by Crippen LogP contribution is 2.43. The van der Waals surface area contributed by atoms with Crippen LogP contribution in [0, 0.1) is 0 Å². The predicted octanol–water partition coefficient (Wildman–Crippen LogP) is 3.93. The zero-order chi connectivity index (χ0) is 14.3. The summed E-state index contributed by atoms with van der Waals surface area (Å²) in [5.41, 5.74) is 2.39. The third-order valence-corrected chi connectivity index (χ3v) is 8.66. The van der Waals surface area contributed by atoms with Gasteiger partial charge in [-0.2, -0.15) is 0 Å². The molecule has 19 heavy (non-hydrogen) atoms. The molecule has 0 unspecified atom stereocenters. The first-order chi connectivity index (χ1) is 8.72. The molecule has 2 rings (SSSR count). The molecule has 0 aromatic heterocycles. The lowest BCUT2D eigenvalue weighted by Crippen LogP contribution is -2.44. The van der Waals surface area contributed by atoms with Crippen LogP contribution >= 0.6 is 0 Å². The molecule has 1 aliphatic heterocycles. The number of para-hydroxylation sites is 1. The van der Waals surface area contributed by atoms with Crippen LogP contribution in [-0.2, 0) is 0 Å². The van der Waals surface area contributed by atoms with Crippen LogP contribution < -0.4 is 14.6 Å². The third kappa shape index (κ3) is 2.73. The summed E-state index contributed by atoms with van der Waals surface area (Å²) >= 11 is 0. The zero-order valence-electron chi connectivity index (χ0n) is 13.0. The van der Waals surface area contributed by atoms with E-state index in [0.717, 1.165) is 18.8 Å². The van der Waals surface area contributed by atoms with Gasteiger partial charge in [0.15, 0.2) is 0 Å². The van der Waals surface area contributed by atoms with Crippen molar-refractivity contribution >= 4 is 19.7 Å². The number of benzene rings is 1. The first kappa shape index (κ1) is 14.3. The lowest BCUT2D eigenvalue weighted by molar-refractivity contribution is 0.491. The quantitative estimate of drug-likeness (QED) is 0.830. The van der Waals surface area contributed by atoms with Crippen LogP contribution in [0.3, 0.4) is 0 Å². The van der Waals surface area contributed by atoms with Gasteiger partial charge < -0.3 is 14.6 Å². The topological polar surface area (TPSA) is 24.5 Å². The molecule has 1 aromatic carbocycles. The van der Waals surface area contributed by atoms with Gasteiger partial charge in [0.25, 0.3) is 8.32 Å². The molecule has 0 spiro atoms. The molecule has 1 aromatic rings. The Morgan fingerprint density at radius 1 is 1.26 bits per heavy atom. The smallest absolute Gasteiger partial charge is 0.250 e. The fourth-order valence-electron chi connectivity index (χ4n) is 2.04. The van der Waals surface area contributed by atoms with Crippen molar-refractivity contribution in [2.24, 2.45) is 0 Å². The highest BCUT2D eigenvalue weighted by Gasteiger charge is 2.39. The maximum absolute atomic E-state index is 6.49. The molecular weight excluding hydrogens is 252 g/mol. The summed E-state index contributed by atoms with van der Waals surface area (Å²) in [4.78, 5) is 2.29. The number of fused-ring (bicyclic) bond motifs is 1. The van der Waals surface area contributed by atoms with Gasteiger partial charge in [-0.05, 0) is 30.3 Å². The number of rotatable bonds is 2. The van der Waals surface area contributed by atoms with Gasteiger partial charge in [-0.3, -0.25) is 0 Å². The van der Waals surface area contributed by atoms with E-state index >= 15 is 0 Å². The van der Waals surface area contributed by atoms with E-state index in [-0.39, 0.29) is 5.04 Å². The van der Waals surface area contributed by atoms with E-state index in [9.17, 15) is 0 Å². The van der Waals surface area contributed by atoms with Crippen LogP contribution in [-0.4, -0.2) is 28.5 Å². The fraction of sp³-hybridized carbons (Fsp3) is 0.600.